The van der Waals surface area contributed by atoms with E-state index in [0.29, 0.717) is 30.2 Å². The van der Waals surface area contributed by atoms with Gasteiger partial charge in [-0.2, -0.15) is 0 Å². The number of carbonyl (C=O) groups is 1. The summed E-state index contributed by atoms with van der Waals surface area (Å²) in [5.74, 6) is 0.560. The summed E-state index contributed by atoms with van der Waals surface area (Å²) in [7, 11) is 0. The van der Waals surface area contributed by atoms with Gasteiger partial charge in [0.1, 0.15) is 5.75 Å². The van der Waals surface area contributed by atoms with Crippen molar-refractivity contribution >= 4 is 27.7 Å². The van der Waals surface area contributed by atoms with Crippen molar-refractivity contribution in [1.29, 1.82) is 0 Å². The number of hydrazine groups is 1. The number of rotatable bonds is 13. The lowest BCUT2D eigenvalue weighted by atomic mass is 9.81. The molecule has 5 aromatic carbocycles. The Hall–Kier alpha value is -5.45. The molecule has 3 N–H and O–H groups in total. The van der Waals surface area contributed by atoms with Crippen molar-refractivity contribution in [2.24, 2.45) is 10.1 Å². The third-order valence-corrected chi connectivity index (χ3v) is 9.99. The number of benzene rings is 5. The minimum absolute atomic E-state index is 0.0456. The van der Waals surface area contributed by atoms with Crippen molar-refractivity contribution in [2.45, 2.75) is 37.1 Å². The van der Waals surface area contributed by atoms with Gasteiger partial charge in [-0.05, 0) is 69.2 Å². The molecule has 2 aliphatic rings. The number of hydrogen-bond donors (Lipinski definition) is 3. The fourth-order valence-corrected chi connectivity index (χ4v) is 7.28. The summed E-state index contributed by atoms with van der Waals surface area (Å²) in [5, 5.41) is 13.0. The van der Waals surface area contributed by atoms with E-state index in [1.165, 1.54) is 0 Å². The molecular weight excluding hydrogens is 708 g/mol. The monoisotopic (exact) mass is 742 g/mol. The predicted octanol–water partition coefficient (Wildman–Crippen LogP) is 7.91. The molecule has 1 amide bonds. The number of hydrogen-bond acceptors (Lipinski definition) is 7. The molecular formula is C40H35BrN6O4. The number of halogens is 1. The number of amides is 1. The average molecular weight is 744 g/mol. The number of carbonyl (C=O) groups excluding carboxylic acids is 1. The van der Waals surface area contributed by atoms with Crippen LogP contribution >= 0.6 is 15.9 Å². The number of aliphatic hydroxyl groups is 1. The van der Waals surface area contributed by atoms with E-state index in [9.17, 15) is 0 Å². The number of ether oxygens (including phenoxy) is 2. The molecule has 51 heavy (non-hydrogen) atoms. The highest BCUT2D eigenvalue weighted by molar-refractivity contribution is 9.10. The first-order valence-corrected chi connectivity index (χ1v) is 17.5. The molecule has 2 atom stereocenters. The highest BCUT2D eigenvalue weighted by atomic mass is 79.9. The molecule has 256 valence electrons. The molecule has 0 bridgehead atoms. The van der Waals surface area contributed by atoms with E-state index in [4.69, 9.17) is 25.1 Å². The molecule has 0 radical (unpaired) electrons. The zero-order valence-electron chi connectivity index (χ0n) is 27.6. The van der Waals surface area contributed by atoms with E-state index >= 15 is 4.79 Å². The number of nitrogens with one attached hydrogen (secondary N) is 2. The minimum Gasteiger partial charge on any atom is -0.494 e. The van der Waals surface area contributed by atoms with Gasteiger partial charge in [-0.15, -0.1) is 0 Å². The van der Waals surface area contributed by atoms with Crippen molar-refractivity contribution in [2.75, 3.05) is 13.2 Å². The van der Waals surface area contributed by atoms with Crippen LogP contribution in [-0.2, 0) is 22.5 Å². The fourth-order valence-electron chi connectivity index (χ4n) is 6.79. The summed E-state index contributed by atoms with van der Waals surface area (Å²) < 4.78 is 13.3. The topological polar surface area (TPSA) is 141 Å². The Morgan fingerprint density at radius 3 is 2.18 bits per heavy atom. The molecule has 0 spiro atoms. The summed E-state index contributed by atoms with van der Waals surface area (Å²) in [6.07, 6.45) is -0.176. The third-order valence-electron chi connectivity index (χ3n) is 9.26. The maximum absolute atomic E-state index is 15.1. The van der Waals surface area contributed by atoms with Gasteiger partial charge in [0, 0.05) is 40.0 Å². The zero-order valence-corrected chi connectivity index (χ0v) is 29.2. The second kappa shape index (κ2) is 15.2. The highest BCUT2D eigenvalue weighted by Crippen LogP contribution is 2.46. The first-order valence-electron chi connectivity index (χ1n) is 16.7. The van der Waals surface area contributed by atoms with E-state index in [-0.39, 0.29) is 31.5 Å². The molecule has 1 heterocycles. The molecule has 0 saturated carbocycles. The molecule has 0 fully saturated rings. The Morgan fingerprint density at radius 1 is 0.882 bits per heavy atom. The van der Waals surface area contributed by atoms with Gasteiger partial charge in [0.05, 0.1) is 19.2 Å². The molecule has 10 nitrogen and oxygen atoms in total. The molecule has 5 aromatic rings. The van der Waals surface area contributed by atoms with Gasteiger partial charge in [0.15, 0.2) is 11.6 Å². The number of fused-ring (bicyclic) bond motifs is 3. The Morgan fingerprint density at radius 2 is 1.51 bits per heavy atom. The van der Waals surface area contributed by atoms with Crippen LogP contribution in [0.4, 0.5) is 0 Å². The molecule has 1 aliphatic heterocycles. The lowest BCUT2D eigenvalue weighted by Crippen LogP contribution is -2.54. The van der Waals surface area contributed by atoms with E-state index in [1.807, 2.05) is 97.1 Å². The Labute approximate surface area is 303 Å². The van der Waals surface area contributed by atoms with Crippen LogP contribution in [0.3, 0.4) is 0 Å². The molecule has 0 aromatic heterocycles. The predicted molar refractivity (Wildman–Crippen MR) is 199 cm³/mol. The van der Waals surface area contributed by atoms with Gasteiger partial charge in [-0.3, -0.25) is 10.2 Å². The van der Waals surface area contributed by atoms with Gasteiger partial charge in [0.2, 0.25) is 5.90 Å². The first kappa shape index (κ1) is 34.0. The van der Waals surface area contributed by atoms with Gasteiger partial charge >= 0.3 is 0 Å². The first-order chi connectivity index (χ1) is 25.0. The van der Waals surface area contributed by atoms with Crippen molar-refractivity contribution in [3.8, 4) is 16.9 Å². The highest BCUT2D eigenvalue weighted by Gasteiger charge is 2.54. The summed E-state index contributed by atoms with van der Waals surface area (Å²) in [5.41, 5.74) is 21.4. The van der Waals surface area contributed by atoms with Gasteiger partial charge in [-0.25, -0.2) is 10.4 Å². The molecule has 7 rings (SSSR count). The van der Waals surface area contributed by atoms with Crippen LogP contribution in [-0.4, -0.2) is 35.7 Å². The van der Waals surface area contributed by atoms with Crippen LogP contribution in [0, 0.1) is 0 Å². The van der Waals surface area contributed by atoms with Crippen molar-refractivity contribution in [3.63, 3.8) is 0 Å². The van der Waals surface area contributed by atoms with Gasteiger partial charge in [-0.1, -0.05) is 112 Å². The van der Waals surface area contributed by atoms with Crippen LogP contribution in [0.25, 0.3) is 21.6 Å². The normalized spacial score (nSPS) is 17.5. The Bertz CT molecular complexity index is 2090. The lowest BCUT2D eigenvalue weighted by molar-refractivity contribution is -0.130. The largest absolute Gasteiger partial charge is 0.494 e. The van der Waals surface area contributed by atoms with Crippen LogP contribution in [0.15, 0.2) is 136 Å². The fraction of sp³-hybridized carbons (Fsp3) is 0.200. The molecule has 11 heteroatoms. The second-order valence-electron chi connectivity index (χ2n) is 12.4. The van der Waals surface area contributed by atoms with E-state index in [0.717, 1.165) is 43.4 Å². The van der Waals surface area contributed by atoms with Crippen molar-refractivity contribution in [1.82, 2.24) is 10.9 Å². The smallest absolute Gasteiger partial charge is 0.266 e. The minimum atomic E-state index is -1.51. The SMILES string of the molecule is [N-]=[N+]=NCc1ccccc1C[C@]1(C(=O)NNC2c3ccccc3-c3ccccc32)N=C(c2ccc(OCCCO)cc2)O[C@H]1c1ccccc1Br. The summed E-state index contributed by atoms with van der Waals surface area (Å²) in [4.78, 5) is 23.2. The maximum atomic E-state index is 15.1. The maximum Gasteiger partial charge on any atom is 0.266 e. The van der Waals surface area contributed by atoms with E-state index in [2.05, 4.69) is 61.1 Å². The molecule has 0 unspecified atom stereocenters. The number of aliphatic hydroxyl groups excluding tert-OH is 1. The summed E-state index contributed by atoms with van der Waals surface area (Å²) >= 11 is 3.72. The Kier molecular flexibility index (Phi) is 10.1. The van der Waals surface area contributed by atoms with Crippen molar-refractivity contribution in [3.05, 3.63) is 170 Å². The standard InChI is InChI=1S/C40H35BrN6O4/c41-35-17-8-7-16-34(35)37-40(24-27-10-1-2-11-28(27)25-43-47-42,44-38(51-37)26-18-20-29(21-19-26)50-23-9-22-48)39(49)46-45-36-32-14-5-3-12-30(32)31-13-4-6-15-33(31)36/h1-8,10-21,36-37,45,48H,9,22-25H2,(H,46,49)/t37-,40-/m0/s1. The third kappa shape index (κ3) is 6.85. The average Bonchev–Trinajstić information content (AvgIpc) is 3.71. The van der Waals surface area contributed by atoms with Crippen molar-refractivity contribution < 1.29 is 19.4 Å². The zero-order chi connectivity index (χ0) is 35.2. The summed E-state index contributed by atoms with van der Waals surface area (Å²) in [6, 6.07) is 38.6. The quantitative estimate of drug-likeness (QED) is 0.0370. The lowest BCUT2D eigenvalue weighted by Gasteiger charge is -2.32. The molecule has 0 saturated heterocycles. The van der Waals surface area contributed by atoms with E-state index < -0.39 is 11.6 Å². The van der Waals surface area contributed by atoms with Crippen LogP contribution in [0.5, 0.6) is 5.75 Å². The van der Waals surface area contributed by atoms with E-state index in [1.54, 1.807) is 0 Å². The van der Waals surface area contributed by atoms with Gasteiger partial charge < -0.3 is 14.6 Å². The second-order valence-corrected chi connectivity index (χ2v) is 13.2. The van der Waals surface area contributed by atoms with Gasteiger partial charge in [0.25, 0.3) is 5.91 Å². The molecule has 1 aliphatic carbocycles. The van der Waals surface area contributed by atoms with Crippen LogP contribution < -0.4 is 15.6 Å². The van der Waals surface area contributed by atoms with Crippen LogP contribution in [0.1, 0.15) is 51.9 Å². The number of azide groups is 1. The summed E-state index contributed by atoms with van der Waals surface area (Å²) in [6.45, 7) is 0.552. The Balaban J connectivity index is 1.31. The number of aliphatic imine (C=N–C) groups is 1. The number of nitrogens with zero attached hydrogens (tertiary/aromatic N) is 4. The van der Waals surface area contributed by atoms with Crippen LogP contribution in [0.2, 0.25) is 0 Å².